The summed E-state index contributed by atoms with van der Waals surface area (Å²) in [4.78, 5) is 41.5. The van der Waals surface area contributed by atoms with Gasteiger partial charge in [-0.15, -0.1) is 11.8 Å². The van der Waals surface area contributed by atoms with E-state index in [0.717, 1.165) is 22.3 Å². The van der Waals surface area contributed by atoms with Gasteiger partial charge in [0.05, 0.1) is 57.5 Å². The van der Waals surface area contributed by atoms with Crippen LogP contribution in [0.25, 0.3) is 0 Å². The fourth-order valence-electron chi connectivity index (χ4n) is 7.78. The SMILES string of the molecule is CCS[C@@H]1O[C@@H](C)[C@H](OCc2ccccc2)[C@@H](OC(=O)CCC(=O)O[C@H]2[C@H](O)[C@@H](COCc3ccccc3)O[C@H](OCc3ccccc3)[C@@H]2OC(=O)c2ccccc2)[C@H]1OCc1ccccc1. The number of rotatable bonds is 22. The van der Waals surface area contributed by atoms with Crippen LogP contribution < -0.4 is 0 Å². The highest BCUT2D eigenvalue weighted by molar-refractivity contribution is 7.99. The molecule has 2 heterocycles. The van der Waals surface area contributed by atoms with Crippen LogP contribution in [0.5, 0.6) is 0 Å². The zero-order valence-corrected chi connectivity index (χ0v) is 38.4. The normalized spacial score (nSPS) is 24.9. The van der Waals surface area contributed by atoms with E-state index >= 15 is 0 Å². The van der Waals surface area contributed by atoms with Gasteiger partial charge >= 0.3 is 17.9 Å². The Hall–Kier alpha value is -5.42. The lowest BCUT2D eigenvalue weighted by Gasteiger charge is -2.44. The first-order valence-corrected chi connectivity index (χ1v) is 23.6. The molecular weight excluding hydrogens is 877 g/mol. The number of hydrogen-bond donors (Lipinski definition) is 1. The van der Waals surface area contributed by atoms with Gasteiger partial charge in [0.2, 0.25) is 0 Å². The summed E-state index contributed by atoms with van der Waals surface area (Å²) in [5.74, 6) is -1.60. The van der Waals surface area contributed by atoms with E-state index in [1.54, 1.807) is 30.3 Å². The number of benzene rings is 5. The second-order valence-electron chi connectivity index (χ2n) is 16.2. The average molecular weight is 935 g/mol. The van der Waals surface area contributed by atoms with Crippen molar-refractivity contribution in [3.63, 3.8) is 0 Å². The summed E-state index contributed by atoms with van der Waals surface area (Å²) in [5, 5.41) is 11.9. The van der Waals surface area contributed by atoms with Gasteiger partial charge in [0.25, 0.3) is 0 Å². The Balaban J connectivity index is 1.08. The number of carbonyl (C=O) groups excluding carboxylic acids is 3. The molecule has 2 aliphatic heterocycles. The Morgan fingerprint density at radius 2 is 1.00 bits per heavy atom. The first kappa shape index (κ1) is 49.5. The molecule has 0 bridgehead atoms. The summed E-state index contributed by atoms with van der Waals surface area (Å²) >= 11 is 1.54. The molecule has 67 heavy (non-hydrogen) atoms. The third-order valence-electron chi connectivity index (χ3n) is 11.2. The number of aliphatic hydroxyl groups excluding tert-OH is 1. The summed E-state index contributed by atoms with van der Waals surface area (Å²) in [6.07, 6.45) is -10.6. The molecule has 14 heteroatoms. The number of esters is 3. The van der Waals surface area contributed by atoms with Crippen molar-refractivity contribution in [3.8, 4) is 0 Å². The first-order valence-electron chi connectivity index (χ1n) is 22.6. The smallest absolute Gasteiger partial charge is 0.338 e. The van der Waals surface area contributed by atoms with E-state index in [-0.39, 0.29) is 38.6 Å². The third kappa shape index (κ3) is 14.5. The van der Waals surface area contributed by atoms with Gasteiger partial charge in [-0.25, -0.2) is 4.79 Å². The highest BCUT2D eigenvalue weighted by Crippen LogP contribution is 2.35. The summed E-state index contributed by atoms with van der Waals surface area (Å²) in [6.45, 7) is 4.48. The third-order valence-corrected chi connectivity index (χ3v) is 12.3. The maximum Gasteiger partial charge on any atom is 0.338 e. The molecule has 354 valence electrons. The monoisotopic (exact) mass is 934 g/mol. The molecule has 10 atom stereocenters. The molecule has 2 fully saturated rings. The number of ether oxygens (including phenoxy) is 9. The van der Waals surface area contributed by atoms with Crippen molar-refractivity contribution in [1.29, 1.82) is 0 Å². The quantitative estimate of drug-likeness (QED) is 0.0527. The summed E-state index contributed by atoms with van der Waals surface area (Å²) < 4.78 is 56.2. The van der Waals surface area contributed by atoms with Gasteiger partial charge in [-0.05, 0) is 47.1 Å². The highest BCUT2D eigenvalue weighted by atomic mass is 32.2. The molecule has 13 nitrogen and oxygen atoms in total. The molecule has 2 saturated heterocycles. The minimum atomic E-state index is -1.54. The summed E-state index contributed by atoms with van der Waals surface area (Å²) in [5.41, 5.74) is 3.28. The standard InChI is InChI=1S/C53H58O13S/c1-3-67-53-50(60-33-39-23-13-6-14-24-39)48(46(36(2)62-53)59-32-38-21-11-5-12-22-38)65-44(55)30-29-43(54)64-47-45(56)42(35-58-31-37-19-9-4-10-20-37)63-52(61-34-40-25-15-7-16-26-40)49(47)66-51(57)41-27-17-8-18-28-41/h4-28,36,42,45-50,52-53,56H,3,29-35H2,1-2H3/t36-,42+,45+,46-,47-,48+,49+,50+,52-,53-/m0/s1. The Kier molecular flexibility index (Phi) is 18.9. The summed E-state index contributed by atoms with van der Waals surface area (Å²) in [7, 11) is 0. The van der Waals surface area contributed by atoms with Crippen molar-refractivity contribution >= 4 is 29.7 Å². The van der Waals surface area contributed by atoms with Gasteiger partial charge in [-0.3, -0.25) is 9.59 Å². The van der Waals surface area contributed by atoms with E-state index in [1.165, 1.54) is 11.8 Å². The van der Waals surface area contributed by atoms with Crippen LogP contribution in [0.15, 0.2) is 152 Å². The fourth-order valence-corrected chi connectivity index (χ4v) is 8.78. The van der Waals surface area contributed by atoms with Crippen molar-refractivity contribution < 1.29 is 62.1 Å². The van der Waals surface area contributed by atoms with Crippen molar-refractivity contribution in [2.24, 2.45) is 0 Å². The number of aliphatic hydroxyl groups is 1. The predicted molar refractivity (Wildman–Crippen MR) is 249 cm³/mol. The first-order chi connectivity index (χ1) is 32.7. The second kappa shape index (κ2) is 25.6. The maximum atomic E-state index is 13.9. The van der Waals surface area contributed by atoms with Gasteiger partial charge in [0.1, 0.15) is 29.9 Å². The molecular formula is C53H58O13S. The average Bonchev–Trinajstić information content (AvgIpc) is 3.36. The van der Waals surface area contributed by atoms with E-state index in [4.69, 9.17) is 42.6 Å². The molecule has 1 N–H and O–H groups in total. The van der Waals surface area contributed by atoms with E-state index in [0.29, 0.717) is 5.75 Å². The van der Waals surface area contributed by atoms with Crippen LogP contribution >= 0.6 is 11.8 Å². The van der Waals surface area contributed by atoms with Gasteiger partial charge < -0.3 is 47.7 Å². The molecule has 7 rings (SSSR count). The number of carbonyl (C=O) groups is 3. The Bertz CT molecular complexity index is 2240. The molecule has 0 radical (unpaired) electrons. The topological polar surface area (TPSA) is 155 Å². The Labute approximate surface area is 395 Å². The van der Waals surface area contributed by atoms with Crippen molar-refractivity contribution in [3.05, 3.63) is 179 Å². The molecule has 0 aromatic heterocycles. The summed E-state index contributed by atoms with van der Waals surface area (Å²) in [6, 6.07) is 46.4. The van der Waals surface area contributed by atoms with Gasteiger partial charge in [0.15, 0.2) is 24.6 Å². The molecule has 0 aliphatic carbocycles. The molecule has 5 aromatic rings. The van der Waals surface area contributed by atoms with E-state index in [1.807, 2.05) is 135 Å². The van der Waals surface area contributed by atoms with E-state index in [9.17, 15) is 19.5 Å². The minimum absolute atomic E-state index is 0.0413. The van der Waals surface area contributed by atoms with Gasteiger partial charge in [0, 0.05) is 0 Å². The molecule has 0 spiro atoms. The molecule has 0 saturated carbocycles. The Morgan fingerprint density at radius 3 is 1.52 bits per heavy atom. The van der Waals surface area contributed by atoms with Crippen LogP contribution in [0.3, 0.4) is 0 Å². The maximum absolute atomic E-state index is 13.9. The largest absolute Gasteiger partial charge is 0.457 e. The lowest BCUT2D eigenvalue weighted by atomic mass is 9.98. The van der Waals surface area contributed by atoms with Gasteiger partial charge in [-0.1, -0.05) is 146 Å². The van der Waals surface area contributed by atoms with E-state index in [2.05, 4.69) is 0 Å². The van der Waals surface area contributed by atoms with Crippen LogP contribution in [0, 0.1) is 0 Å². The zero-order valence-electron chi connectivity index (χ0n) is 37.6. The second-order valence-corrected chi connectivity index (χ2v) is 17.5. The van der Waals surface area contributed by atoms with Crippen LogP contribution in [-0.4, -0.2) is 95.9 Å². The van der Waals surface area contributed by atoms with Crippen LogP contribution in [0.1, 0.15) is 59.3 Å². The molecule has 2 aliphatic rings. The van der Waals surface area contributed by atoms with Crippen LogP contribution in [0.4, 0.5) is 0 Å². The van der Waals surface area contributed by atoms with Crippen molar-refractivity contribution in [2.75, 3.05) is 12.4 Å². The predicted octanol–water partition coefficient (Wildman–Crippen LogP) is 8.00. The van der Waals surface area contributed by atoms with Crippen molar-refractivity contribution in [1.82, 2.24) is 0 Å². The fraction of sp³-hybridized carbons (Fsp3) is 0.377. The molecule has 5 aromatic carbocycles. The lowest BCUT2D eigenvalue weighted by Crippen LogP contribution is -2.61. The highest BCUT2D eigenvalue weighted by Gasteiger charge is 2.51. The van der Waals surface area contributed by atoms with Crippen molar-refractivity contribution in [2.45, 2.75) is 114 Å². The van der Waals surface area contributed by atoms with Crippen LogP contribution in [0.2, 0.25) is 0 Å². The van der Waals surface area contributed by atoms with Crippen LogP contribution in [-0.2, 0) is 78.6 Å². The number of thioether (sulfide) groups is 1. The lowest BCUT2D eigenvalue weighted by molar-refractivity contribution is -0.307. The number of hydrogen-bond acceptors (Lipinski definition) is 14. The molecule has 0 unspecified atom stereocenters. The Morgan fingerprint density at radius 1 is 0.537 bits per heavy atom. The molecule has 0 amide bonds. The van der Waals surface area contributed by atoms with Gasteiger partial charge in [-0.2, -0.15) is 0 Å². The van der Waals surface area contributed by atoms with E-state index < -0.39 is 91.3 Å². The zero-order chi connectivity index (χ0) is 46.8. The minimum Gasteiger partial charge on any atom is -0.457 e.